The quantitative estimate of drug-likeness (QED) is 0.698. The van der Waals surface area contributed by atoms with Crippen LogP contribution in [0.3, 0.4) is 0 Å². The van der Waals surface area contributed by atoms with E-state index < -0.39 is 23.6 Å². The topological polar surface area (TPSA) is 66.1 Å². The van der Waals surface area contributed by atoms with Crippen molar-refractivity contribution in [3.8, 4) is 0 Å². The second kappa shape index (κ2) is 4.58. The molecule has 1 aromatic heterocycles. The van der Waals surface area contributed by atoms with E-state index in [0.29, 0.717) is 0 Å². The fourth-order valence-corrected chi connectivity index (χ4v) is 2.60. The van der Waals surface area contributed by atoms with Crippen molar-refractivity contribution < 1.29 is 22.8 Å². The van der Waals surface area contributed by atoms with Gasteiger partial charge in [-0.15, -0.1) is 0 Å². The van der Waals surface area contributed by atoms with Gasteiger partial charge in [-0.2, -0.15) is 18.3 Å². The number of fused-ring (bicyclic) bond motifs is 2. The van der Waals surface area contributed by atoms with Crippen LogP contribution in [0.5, 0.6) is 0 Å². The number of aromatic nitrogens is 2. The van der Waals surface area contributed by atoms with Gasteiger partial charge in [-0.1, -0.05) is 12.1 Å². The molecule has 4 rings (SSSR count). The molecule has 0 unspecified atom stereocenters. The maximum Gasteiger partial charge on any atom is 0.416 e. The molecule has 0 radical (unpaired) electrons. The smallest absolute Gasteiger partial charge is 0.276 e. The average Bonchev–Trinajstić information content (AvgIpc) is 3.06. The first-order valence-corrected chi connectivity index (χ1v) is 6.74. The Kier molecular flexibility index (Phi) is 2.72. The van der Waals surface area contributed by atoms with Crippen molar-refractivity contribution in [1.82, 2.24) is 10.2 Å². The number of benzene rings is 1. The third kappa shape index (κ3) is 1.88. The molecule has 8 heteroatoms. The lowest BCUT2D eigenvalue weighted by Gasteiger charge is -2.11. The van der Waals surface area contributed by atoms with Gasteiger partial charge < -0.3 is 0 Å². The Morgan fingerprint density at radius 1 is 1.12 bits per heavy atom. The number of H-pyrrole nitrogens is 1. The maximum atomic E-state index is 12.9. The van der Waals surface area contributed by atoms with Crippen molar-refractivity contribution in [2.24, 2.45) is 0 Å². The number of nitrogens with one attached hydrogen (secondary N) is 1. The molecule has 1 N–H and O–H groups in total. The summed E-state index contributed by atoms with van der Waals surface area (Å²) in [5, 5.41) is 6.41. The predicted octanol–water partition coefficient (Wildman–Crippen LogP) is 2.98. The van der Waals surface area contributed by atoms with Gasteiger partial charge in [0.15, 0.2) is 5.82 Å². The minimum absolute atomic E-state index is 0.0191. The van der Waals surface area contributed by atoms with Crippen LogP contribution in [0.2, 0.25) is 0 Å². The first-order valence-electron chi connectivity index (χ1n) is 6.74. The third-order valence-corrected chi connectivity index (χ3v) is 3.73. The number of nitrogens with zero attached hydrogens (tertiary/aromatic N) is 2. The largest absolute Gasteiger partial charge is 0.416 e. The number of alkyl halides is 3. The molecule has 0 aliphatic carbocycles. The van der Waals surface area contributed by atoms with Crippen molar-refractivity contribution in [2.45, 2.75) is 6.18 Å². The summed E-state index contributed by atoms with van der Waals surface area (Å²) in [7, 11) is 0. The molecule has 2 amide bonds. The van der Waals surface area contributed by atoms with Crippen LogP contribution in [-0.2, 0) is 6.18 Å². The molecule has 1 aliphatic rings. The molecule has 1 aliphatic heterocycles. The van der Waals surface area contributed by atoms with Gasteiger partial charge in [0, 0.05) is 5.39 Å². The summed E-state index contributed by atoms with van der Waals surface area (Å²) in [6, 6.07) is 10.9. The van der Waals surface area contributed by atoms with Crippen molar-refractivity contribution in [1.29, 1.82) is 0 Å². The highest BCUT2D eigenvalue weighted by atomic mass is 19.4. The standard InChI is InChI=1S/C16H6F3N3O2/c17-16(18,19)8-5-6-12-11(7-8)13(21-20-12)22-14(23)9-3-1-2-4-10(9)15(22)24/h1,3,5-7H,(H,20,21). The van der Waals surface area contributed by atoms with Crippen molar-refractivity contribution >= 4 is 28.5 Å². The van der Waals surface area contributed by atoms with E-state index in [2.05, 4.69) is 22.3 Å². The highest BCUT2D eigenvalue weighted by Crippen LogP contribution is 2.35. The van der Waals surface area contributed by atoms with Gasteiger partial charge in [0.25, 0.3) is 11.8 Å². The number of carbonyl (C=O) groups excluding carboxylic acids is 2. The molecule has 0 saturated carbocycles. The summed E-state index contributed by atoms with van der Waals surface area (Å²) in [6.07, 6.45) is -4.55. The number of imide groups is 1. The maximum absolute atomic E-state index is 12.9. The van der Waals surface area contributed by atoms with E-state index >= 15 is 0 Å². The minimum atomic E-state index is -4.55. The molecule has 0 fully saturated rings. The second-order valence-corrected chi connectivity index (χ2v) is 5.14. The van der Waals surface area contributed by atoms with Gasteiger partial charge in [0.05, 0.1) is 16.6 Å². The summed E-state index contributed by atoms with van der Waals surface area (Å²) in [4.78, 5) is 25.6. The van der Waals surface area contributed by atoms with Crippen LogP contribution in [0.25, 0.3) is 10.9 Å². The summed E-state index contributed by atoms with van der Waals surface area (Å²) in [6.45, 7) is 0. The number of aromatic amines is 1. The van der Waals surface area contributed by atoms with E-state index in [1.807, 2.05) is 0 Å². The van der Waals surface area contributed by atoms with Crippen LogP contribution < -0.4 is 4.90 Å². The number of rotatable bonds is 1. The van der Waals surface area contributed by atoms with E-state index in [1.165, 1.54) is 18.2 Å². The Bertz CT molecular complexity index is 972. The normalized spacial score (nSPS) is 14.2. The zero-order valence-electron chi connectivity index (χ0n) is 11.7. The molecular weight excluding hydrogens is 323 g/mol. The molecule has 2 aromatic carbocycles. The zero-order chi connectivity index (χ0) is 17.1. The first kappa shape index (κ1) is 14.3. The molecule has 5 nitrogen and oxygen atoms in total. The zero-order valence-corrected chi connectivity index (χ0v) is 11.7. The molecule has 24 heavy (non-hydrogen) atoms. The lowest BCUT2D eigenvalue weighted by atomic mass is 10.1. The van der Waals surface area contributed by atoms with Gasteiger partial charge in [0.1, 0.15) is 5.56 Å². The minimum Gasteiger partial charge on any atom is -0.276 e. The Balaban J connectivity index is 1.89. The van der Waals surface area contributed by atoms with Crippen LogP contribution in [0.4, 0.5) is 19.0 Å². The molecule has 0 bridgehead atoms. The fraction of sp³-hybridized carbons (Fsp3) is 0.0625. The highest BCUT2D eigenvalue weighted by Gasteiger charge is 2.39. The lowest BCUT2D eigenvalue weighted by Crippen LogP contribution is -2.29. The Morgan fingerprint density at radius 3 is 2.62 bits per heavy atom. The van der Waals surface area contributed by atoms with Crippen LogP contribution in [-0.4, -0.2) is 22.0 Å². The van der Waals surface area contributed by atoms with Gasteiger partial charge in [-0.05, 0) is 30.3 Å². The van der Waals surface area contributed by atoms with E-state index in [1.54, 1.807) is 0 Å². The first-order chi connectivity index (χ1) is 11.4. The molecular formula is C16H6F3N3O2. The summed E-state index contributed by atoms with van der Waals surface area (Å²) >= 11 is 0. The number of anilines is 1. The van der Waals surface area contributed by atoms with Gasteiger partial charge in [-0.25, -0.2) is 4.90 Å². The van der Waals surface area contributed by atoms with Crippen LogP contribution >= 0.6 is 0 Å². The molecule has 3 aromatic rings. The van der Waals surface area contributed by atoms with E-state index in [9.17, 15) is 22.8 Å². The molecule has 2 heterocycles. The SMILES string of the molecule is O=C1c2c#cccc2C(=O)N1c1n[nH]c2ccc(C(F)(F)F)cc12. The van der Waals surface area contributed by atoms with E-state index in [4.69, 9.17) is 0 Å². The summed E-state index contributed by atoms with van der Waals surface area (Å²) < 4.78 is 38.7. The molecule has 0 spiro atoms. The lowest BCUT2D eigenvalue weighted by molar-refractivity contribution is -0.137. The van der Waals surface area contributed by atoms with Crippen LogP contribution in [0.1, 0.15) is 26.3 Å². The van der Waals surface area contributed by atoms with Gasteiger partial charge in [-0.3, -0.25) is 14.7 Å². The number of halogens is 3. The third-order valence-electron chi connectivity index (χ3n) is 3.73. The molecule has 0 saturated heterocycles. The Hall–Kier alpha value is -3.34. The number of hydrogen-bond donors (Lipinski definition) is 1. The average molecular weight is 329 g/mol. The van der Waals surface area contributed by atoms with Crippen LogP contribution in [0, 0.1) is 12.1 Å². The number of carbonyl (C=O) groups is 2. The Morgan fingerprint density at radius 2 is 1.92 bits per heavy atom. The van der Waals surface area contributed by atoms with Crippen molar-refractivity contribution in [2.75, 3.05) is 4.90 Å². The van der Waals surface area contributed by atoms with Crippen molar-refractivity contribution in [3.63, 3.8) is 0 Å². The molecule has 0 atom stereocenters. The molecule has 118 valence electrons. The fourth-order valence-electron chi connectivity index (χ4n) is 2.60. The monoisotopic (exact) mass is 329 g/mol. The van der Waals surface area contributed by atoms with Crippen LogP contribution in [0.15, 0.2) is 30.3 Å². The van der Waals surface area contributed by atoms with E-state index in [-0.39, 0.29) is 27.8 Å². The summed E-state index contributed by atoms with van der Waals surface area (Å²) in [5.74, 6) is -1.53. The summed E-state index contributed by atoms with van der Waals surface area (Å²) in [5.41, 5.74) is -0.480. The van der Waals surface area contributed by atoms with Gasteiger partial charge in [0.2, 0.25) is 0 Å². The number of hydrogen-bond acceptors (Lipinski definition) is 3. The highest BCUT2D eigenvalue weighted by molar-refractivity contribution is 6.35. The second-order valence-electron chi connectivity index (χ2n) is 5.14. The van der Waals surface area contributed by atoms with E-state index in [0.717, 1.165) is 17.0 Å². The Labute approximate surface area is 132 Å². The van der Waals surface area contributed by atoms with Crippen molar-refractivity contribution in [3.05, 3.63) is 59.2 Å². The number of amides is 2. The predicted molar refractivity (Wildman–Crippen MR) is 76.3 cm³/mol. The van der Waals surface area contributed by atoms with Gasteiger partial charge >= 0.3 is 6.18 Å².